The van der Waals surface area contributed by atoms with Crippen LogP contribution in [0.2, 0.25) is 5.02 Å². The highest BCUT2D eigenvalue weighted by molar-refractivity contribution is 6.30. The number of aromatic nitrogens is 3. The summed E-state index contributed by atoms with van der Waals surface area (Å²) in [4.78, 5) is 16.4. The lowest BCUT2D eigenvalue weighted by atomic mass is 9.95. The fourth-order valence-electron chi connectivity index (χ4n) is 2.81. The van der Waals surface area contributed by atoms with Crippen molar-refractivity contribution in [2.45, 2.75) is 25.4 Å². The molecule has 2 aromatic heterocycles. The van der Waals surface area contributed by atoms with Crippen molar-refractivity contribution in [1.82, 2.24) is 19.4 Å². The Balaban J connectivity index is 1.60. The first-order valence-electron chi connectivity index (χ1n) is 8.29. The van der Waals surface area contributed by atoms with Gasteiger partial charge in [-0.3, -0.25) is 4.79 Å². The van der Waals surface area contributed by atoms with Crippen molar-refractivity contribution in [3.63, 3.8) is 0 Å². The molecule has 1 aromatic carbocycles. The van der Waals surface area contributed by atoms with Crippen LogP contribution >= 0.6 is 11.6 Å². The van der Waals surface area contributed by atoms with Crippen molar-refractivity contribution in [2.75, 3.05) is 6.54 Å². The highest BCUT2D eigenvalue weighted by Gasteiger charge is 2.16. The number of halogens is 1. The average Bonchev–Trinajstić information content (AvgIpc) is 3.29. The van der Waals surface area contributed by atoms with E-state index in [9.17, 15) is 4.79 Å². The molecule has 0 saturated heterocycles. The van der Waals surface area contributed by atoms with Gasteiger partial charge < -0.3 is 14.5 Å². The molecule has 0 saturated carbocycles. The summed E-state index contributed by atoms with van der Waals surface area (Å²) in [6, 6.07) is 11.7. The number of nitrogens with one attached hydrogen (secondary N) is 1. The number of hydrogen-bond acceptors (Lipinski definition) is 2. The lowest BCUT2D eigenvalue weighted by Gasteiger charge is -2.18. The maximum Gasteiger partial charge on any atom is 0.220 e. The predicted molar refractivity (Wildman–Crippen MR) is 98.5 cm³/mol. The van der Waals surface area contributed by atoms with Crippen molar-refractivity contribution in [3.8, 4) is 0 Å². The minimum atomic E-state index is 0.0484. The summed E-state index contributed by atoms with van der Waals surface area (Å²) in [6.07, 6.45) is 9.82. The third kappa shape index (κ3) is 5.22. The second kappa shape index (κ2) is 8.53. The SMILES string of the molecule is O=C(C[C@H](Cn1cccc1)c1ccc(Cl)cc1)NCCn1ccnc1. The highest BCUT2D eigenvalue weighted by Crippen LogP contribution is 2.23. The Hall–Kier alpha value is -2.53. The molecule has 0 unspecified atom stereocenters. The van der Waals surface area contributed by atoms with Gasteiger partial charge in [0.2, 0.25) is 5.91 Å². The smallest absolute Gasteiger partial charge is 0.220 e. The zero-order valence-electron chi connectivity index (χ0n) is 13.9. The molecule has 1 amide bonds. The van der Waals surface area contributed by atoms with Gasteiger partial charge >= 0.3 is 0 Å². The van der Waals surface area contributed by atoms with Gasteiger partial charge in [-0.25, -0.2) is 4.98 Å². The summed E-state index contributed by atoms with van der Waals surface area (Å²) >= 11 is 5.99. The monoisotopic (exact) mass is 356 g/mol. The van der Waals surface area contributed by atoms with Gasteiger partial charge in [-0.2, -0.15) is 0 Å². The first-order chi connectivity index (χ1) is 12.2. The Morgan fingerprint density at radius 2 is 1.88 bits per heavy atom. The van der Waals surface area contributed by atoms with Crippen LogP contribution in [-0.4, -0.2) is 26.6 Å². The standard InChI is InChI=1S/C19H21ClN4O/c20-18-5-3-16(4-6-18)17(14-23-9-1-2-10-23)13-19(25)22-8-12-24-11-7-21-15-24/h1-7,9-11,15,17H,8,12-14H2,(H,22,25)/t17-/m1/s1. The Kier molecular flexibility index (Phi) is 5.90. The van der Waals surface area contributed by atoms with E-state index in [1.807, 2.05) is 59.6 Å². The van der Waals surface area contributed by atoms with E-state index in [-0.39, 0.29) is 11.8 Å². The van der Waals surface area contributed by atoms with Gasteiger partial charge in [0.15, 0.2) is 0 Å². The summed E-state index contributed by atoms with van der Waals surface area (Å²) in [7, 11) is 0. The second-order valence-electron chi connectivity index (χ2n) is 5.98. The number of benzene rings is 1. The van der Waals surface area contributed by atoms with Crippen molar-refractivity contribution in [2.24, 2.45) is 0 Å². The van der Waals surface area contributed by atoms with E-state index < -0.39 is 0 Å². The van der Waals surface area contributed by atoms with E-state index in [4.69, 9.17) is 11.6 Å². The van der Waals surface area contributed by atoms with Gasteiger partial charge in [-0.15, -0.1) is 0 Å². The number of hydrogen-bond donors (Lipinski definition) is 1. The van der Waals surface area contributed by atoms with Crippen LogP contribution in [0, 0.1) is 0 Å². The molecule has 0 spiro atoms. The minimum Gasteiger partial charge on any atom is -0.354 e. The molecule has 0 aliphatic carbocycles. The molecular formula is C19H21ClN4O. The molecule has 5 nitrogen and oxygen atoms in total. The number of amides is 1. The molecule has 6 heteroatoms. The normalized spacial score (nSPS) is 12.0. The third-order valence-corrected chi connectivity index (χ3v) is 4.37. The number of nitrogens with zero attached hydrogens (tertiary/aromatic N) is 3. The Bertz CT molecular complexity index is 766. The van der Waals surface area contributed by atoms with Crippen LogP contribution < -0.4 is 5.32 Å². The summed E-state index contributed by atoms with van der Waals surface area (Å²) < 4.78 is 4.04. The first kappa shape index (κ1) is 17.3. The van der Waals surface area contributed by atoms with Gasteiger partial charge in [0.1, 0.15) is 0 Å². The number of imidazole rings is 1. The molecule has 1 N–H and O–H groups in total. The zero-order chi connectivity index (χ0) is 17.5. The average molecular weight is 357 g/mol. The first-order valence-corrected chi connectivity index (χ1v) is 8.67. The highest BCUT2D eigenvalue weighted by atomic mass is 35.5. The molecule has 3 aromatic rings. The molecule has 0 aliphatic heterocycles. The van der Waals surface area contributed by atoms with E-state index in [0.717, 1.165) is 18.7 Å². The molecule has 1 atom stereocenters. The van der Waals surface area contributed by atoms with Crippen molar-refractivity contribution >= 4 is 17.5 Å². The molecule has 2 heterocycles. The Labute approximate surface area is 152 Å². The maximum atomic E-state index is 12.4. The van der Waals surface area contributed by atoms with Crippen LogP contribution in [0.1, 0.15) is 17.9 Å². The summed E-state index contributed by atoms with van der Waals surface area (Å²) in [5.74, 6) is 0.144. The fourth-order valence-corrected chi connectivity index (χ4v) is 2.93. The van der Waals surface area contributed by atoms with E-state index in [0.29, 0.717) is 18.0 Å². The predicted octanol–water partition coefficient (Wildman–Crippen LogP) is 3.33. The van der Waals surface area contributed by atoms with Crippen molar-refractivity contribution in [3.05, 3.63) is 78.1 Å². The van der Waals surface area contributed by atoms with E-state index in [1.165, 1.54) is 0 Å². The Morgan fingerprint density at radius 3 is 2.56 bits per heavy atom. The van der Waals surface area contributed by atoms with Crippen molar-refractivity contribution < 1.29 is 4.79 Å². The summed E-state index contributed by atoms with van der Waals surface area (Å²) in [6.45, 7) is 2.06. The number of carbonyl (C=O) groups excluding carboxylic acids is 1. The fraction of sp³-hybridized carbons (Fsp3) is 0.263. The molecule has 0 radical (unpaired) electrons. The summed E-state index contributed by atoms with van der Waals surface area (Å²) in [5.41, 5.74) is 1.11. The van der Waals surface area contributed by atoms with E-state index in [1.54, 1.807) is 12.5 Å². The number of carbonyl (C=O) groups is 1. The van der Waals surface area contributed by atoms with E-state index >= 15 is 0 Å². The molecule has 25 heavy (non-hydrogen) atoms. The van der Waals surface area contributed by atoms with Crippen LogP contribution in [0.4, 0.5) is 0 Å². The third-order valence-electron chi connectivity index (χ3n) is 4.12. The Morgan fingerprint density at radius 1 is 1.12 bits per heavy atom. The van der Waals surface area contributed by atoms with Gasteiger partial charge in [-0.05, 0) is 29.8 Å². The molecule has 3 rings (SSSR count). The quantitative estimate of drug-likeness (QED) is 0.673. The molecule has 0 bridgehead atoms. The van der Waals surface area contributed by atoms with Gasteiger partial charge in [0, 0.05) is 61.8 Å². The van der Waals surface area contributed by atoms with Crippen LogP contribution in [-0.2, 0) is 17.9 Å². The van der Waals surface area contributed by atoms with Crippen molar-refractivity contribution in [1.29, 1.82) is 0 Å². The maximum absolute atomic E-state index is 12.4. The van der Waals surface area contributed by atoms with Crippen LogP contribution in [0.15, 0.2) is 67.5 Å². The zero-order valence-corrected chi connectivity index (χ0v) is 14.6. The second-order valence-corrected chi connectivity index (χ2v) is 6.42. The number of rotatable bonds is 8. The van der Waals surface area contributed by atoms with Crippen LogP contribution in [0.25, 0.3) is 0 Å². The van der Waals surface area contributed by atoms with Gasteiger partial charge in [-0.1, -0.05) is 23.7 Å². The van der Waals surface area contributed by atoms with Crippen LogP contribution in [0.5, 0.6) is 0 Å². The summed E-state index contributed by atoms with van der Waals surface area (Å²) in [5, 5.41) is 3.69. The molecule has 0 aliphatic rings. The molecule has 130 valence electrons. The topological polar surface area (TPSA) is 51.9 Å². The largest absolute Gasteiger partial charge is 0.354 e. The van der Waals surface area contributed by atoms with Gasteiger partial charge in [0.05, 0.1) is 6.33 Å². The van der Waals surface area contributed by atoms with E-state index in [2.05, 4.69) is 14.9 Å². The van der Waals surface area contributed by atoms with Crippen LogP contribution in [0.3, 0.4) is 0 Å². The minimum absolute atomic E-state index is 0.0484. The lowest BCUT2D eigenvalue weighted by Crippen LogP contribution is -2.29. The molecular weight excluding hydrogens is 336 g/mol. The lowest BCUT2D eigenvalue weighted by molar-refractivity contribution is -0.121. The van der Waals surface area contributed by atoms with Gasteiger partial charge in [0.25, 0.3) is 0 Å². The molecule has 0 fully saturated rings.